The van der Waals surface area contributed by atoms with Crippen molar-refractivity contribution in [2.75, 3.05) is 11.9 Å². The highest BCUT2D eigenvalue weighted by atomic mass is 79.9. The minimum atomic E-state index is -0.359. The Bertz CT molecular complexity index is 201. The van der Waals surface area contributed by atoms with Crippen molar-refractivity contribution in [3.05, 3.63) is 0 Å². The Morgan fingerprint density at radius 3 is 2.47 bits per heavy atom. The molecule has 2 nitrogen and oxygen atoms in total. The van der Waals surface area contributed by atoms with Gasteiger partial charge in [0.1, 0.15) is 4.32 Å². The number of carbonyl (C=O) groups is 1. The quantitative estimate of drug-likeness (QED) is 0.417. The molecule has 0 amide bonds. The van der Waals surface area contributed by atoms with Crippen molar-refractivity contribution in [2.45, 2.75) is 49.3 Å². The molecular weight excluding hydrogens is 324 g/mol. The third-order valence-electron chi connectivity index (χ3n) is 2.77. The summed E-state index contributed by atoms with van der Waals surface area (Å²) in [4.78, 5) is 11.7. The van der Waals surface area contributed by atoms with Gasteiger partial charge < -0.3 is 4.74 Å². The third kappa shape index (κ3) is 4.43. The smallest absolute Gasteiger partial charge is 0.322 e. The van der Waals surface area contributed by atoms with Crippen molar-refractivity contribution >= 4 is 37.8 Å². The van der Waals surface area contributed by atoms with E-state index < -0.39 is 0 Å². The van der Waals surface area contributed by atoms with Gasteiger partial charge in [-0.25, -0.2) is 0 Å². The van der Waals surface area contributed by atoms with Gasteiger partial charge in [-0.15, -0.1) is 0 Å². The van der Waals surface area contributed by atoms with Crippen molar-refractivity contribution in [3.63, 3.8) is 0 Å². The average Bonchev–Trinajstić information content (AvgIpc) is 2.66. The second-order valence-corrected chi connectivity index (χ2v) is 6.37. The number of alkyl halides is 2. The molecule has 0 saturated heterocycles. The van der Waals surface area contributed by atoms with E-state index in [1.807, 2.05) is 0 Å². The highest BCUT2D eigenvalue weighted by Gasteiger charge is 2.39. The van der Waals surface area contributed by atoms with E-state index in [1.54, 1.807) is 0 Å². The minimum Gasteiger partial charge on any atom is -0.465 e. The predicted octanol–water partition coefficient (Wildman–Crippen LogP) is 3.80. The monoisotopic (exact) mass is 340 g/mol. The summed E-state index contributed by atoms with van der Waals surface area (Å²) < 4.78 is 4.92. The number of unbranched alkanes of at least 4 members (excludes halogenated alkanes) is 2. The van der Waals surface area contributed by atoms with Crippen molar-refractivity contribution in [1.29, 1.82) is 0 Å². The first-order valence-electron chi connectivity index (χ1n) is 5.61. The van der Waals surface area contributed by atoms with Gasteiger partial charge in [0.2, 0.25) is 0 Å². The molecule has 0 bridgehead atoms. The van der Waals surface area contributed by atoms with E-state index in [9.17, 15) is 4.79 Å². The second-order valence-electron chi connectivity index (χ2n) is 4.06. The van der Waals surface area contributed by atoms with Crippen molar-refractivity contribution in [2.24, 2.45) is 0 Å². The fourth-order valence-corrected chi connectivity index (χ4v) is 2.88. The van der Waals surface area contributed by atoms with Gasteiger partial charge >= 0.3 is 5.97 Å². The lowest BCUT2D eigenvalue weighted by atomic mass is 10.1. The molecule has 1 fully saturated rings. The number of esters is 1. The maximum Gasteiger partial charge on any atom is 0.322 e. The van der Waals surface area contributed by atoms with Gasteiger partial charge in [-0.2, -0.15) is 0 Å². The highest BCUT2D eigenvalue weighted by molar-refractivity contribution is 9.10. The molecule has 15 heavy (non-hydrogen) atoms. The van der Waals surface area contributed by atoms with Crippen LogP contribution in [0.15, 0.2) is 0 Å². The molecule has 1 saturated carbocycles. The number of halogens is 2. The molecule has 0 aromatic carbocycles. The summed E-state index contributed by atoms with van der Waals surface area (Å²) in [6.07, 6.45) is 7.35. The van der Waals surface area contributed by atoms with Crippen LogP contribution >= 0.6 is 31.9 Å². The van der Waals surface area contributed by atoms with Crippen LogP contribution in [0.2, 0.25) is 0 Å². The lowest BCUT2D eigenvalue weighted by Gasteiger charge is -2.18. The zero-order valence-electron chi connectivity index (χ0n) is 8.94. The summed E-state index contributed by atoms with van der Waals surface area (Å²) in [5, 5.41) is 1.03. The van der Waals surface area contributed by atoms with E-state index in [4.69, 9.17) is 4.74 Å². The zero-order valence-corrected chi connectivity index (χ0v) is 12.1. The van der Waals surface area contributed by atoms with Crippen LogP contribution in [0, 0.1) is 0 Å². The Labute approximate surface area is 108 Å². The molecule has 0 aliphatic heterocycles. The van der Waals surface area contributed by atoms with Crippen LogP contribution in [0.5, 0.6) is 0 Å². The lowest BCUT2D eigenvalue weighted by molar-refractivity contribution is -0.146. The molecule has 1 rings (SSSR count). The SMILES string of the molecule is O=C(OCCCCCBr)C1(Br)CCCC1. The van der Waals surface area contributed by atoms with Crippen LogP contribution in [0.3, 0.4) is 0 Å². The third-order valence-corrected chi connectivity index (χ3v) is 4.45. The molecular formula is C11H18Br2O2. The first-order chi connectivity index (χ1) is 7.19. The van der Waals surface area contributed by atoms with Crippen LogP contribution in [0.25, 0.3) is 0 Å². The zero-order chi connectivity index (χ0) is 11.1. The molecule has 1 aliphatic rings. The molecule has 0 atom stereocenters. The Morgan fingerprint density at radius 1 is 1.20 bits per heavy atom. The number of rotatable bonds is 6. The second kappa shape index (κ2) is 6.89. The van der Waals surface area contributed by atoms with Gasteiger partial charge in [0.05, 0.1) is 6.61 Å². The molecule has 0 spiro atoms. The summed E-state index contributed by atoms with van der Waals surface area (Å²) in [5.41, 5.74) is 0. The van der Waals surface area contributed by atoms with Crippen LogP contribution in [0.1, 0.15) is 44.9 Å². The van der Waals surface area contributed by atoms with Crippen molar-refractivity contribution in [3.8, 4) is 0 Å². The number of hydrogen-bond donors (Lipinski definition) is 0. The van der Waals surface area contributed by atoms with Crippen LogP contribution in [-0.4, -0.2) is 22.2 Å². The maximum atomic E-state index is 11.7. The molecule has 1 aliphatic carbocycles. The van der Waals surface area contributed by atoms with Crippen LogP contribution in [0.4, 0.5) is 0 Å². The summed E-state index contributed by atoms with van der Waals surface area (Å²) in [5.74, 6) is -0.0566. The summed E-state index contributed by atoms with van der Waals surface area (Å²) in [7, 11) is 0. The standard InChI is InChI=1S/C11H18Br2O2/c12-8-4-1-5-9-15-10(14)11(13)6-2-3-7-11/h1-9H2. The Kier molecular flexibility index (Phi) is 6.20. The molecule has 4 heteroatoms. The lowest BCUT2D eigenvalue weighted by Crippen LogP contribution is -2.30. The maximum absolute atomic E-state index is 11.7. The summed E-state index contributed by atoms with van der Waals surface area (Å²) in [6, 6.07) is 0. The minimum absolute atomic E-state index is 0.0566. The van der Waals surface area contributed by atoms with Gasteiger partial charge in [0.25, 0.3) is 0 Å². The molecule has 0 N–H and O–H groups in total. The Morgan fingerprint density at radius 2 is 1.87 bits per heavy atom. The van der Waals surface area contributed by atoms with E-state index in [0.717, 1.165) is 50.3 Å². The first kappa shape index (κ1) is 13.5. The van der Waals surface area contributed by atoms with Gasteiger partial charge in [-0.05, 0) is 32.1 Å². The molecule has 0 aromatic rings. The molecule has 0 heterocycles. The molecule has 0 radical (unpaired) electrons. The summed E-state index contributed by atoms with van der Waals surface area (Å²) >= 11 is 6.89. The average molecular weight is 342 g/mol. The number of ether oxygens (including phenoxy) is 1. The highest BCUT2D eigenvalue weighted by Crippen LogP contribution is 2.38. The van der Waals surface area contributed by atoms with Crippen molar-refractivity contribution < 1.29 is 9.53 Å². The van der Waals surface area contributed by atoms with E-state index >= 15 is 0 Å². The first-order valence-corrected chi connectivity index (χ1v) is 7.52. The summed E-state index contributed by atoms with van der Waals surface area (Å²) in [6.45, 7) is 0.569. The van der Waals surface area contributed by atoms with Gasteiger partial charge in [0, 0.05) is 5.33 Å². The molecule has 88 valence electrons. The van der Waals surface area contributed by atoms with E-state index in [0.29, 0.717) is 6.61 Å². The fourth-order valence-electron chi connectivity index (χ4n) is 1.81. The van der Waals surface area contributed by atoms with Crippen molar-refractivity contribution in [1.82, 2.24) is 0 Å². The number of carbonyl (C=O) groups excluding carboxylic acids is 1. The Balaban J connectivity index is 2.12. The van der Waals surface area contributed by atoms with Crippen LogP contribution in [-0.2, 0) is 9.53 Å². The van der Waals surface area contributed by atoms with Gasteiger partial charge in [-0.1, -0.05) is 44.7 Å². The van der Waals surface area contributed by atoms with E-state index in [-0.39, 0.29) is 10.3 Å². The fraction of sp³-hybridized carbons (Fsp3) is 0.909. The predicted molar refractivity (Wildman–Crippen MR) is 68.7 cm³/mol. The number of hydrogen-bond acceptors (Lipinski definition) is 2. The molecule has 0 unspecified atom stereocenters. The van der Waals surface area contributed by atoms with Gasteiger partial charge in [-0.3, -0.25) is 4.79 Å². The topological polar surface area (TPSA) is 26.3 Å². The largest absolute Gasteiger partial charge is 0.465 e. The van der Waals surface area contributed by atoms with Crippen LogP contribution < -0.4 is 0 Å². The normalized spacial score (nSPS) is 19.1. The van der Waals surface area contributed by atoms with E-state index in [2.05, 4.69) is 31.9 Å². The Hall–Kier alpha value is 0.430. The van der Waals surface area contributed by atoms with Gasteiger partial charge in [0.15, 0.2) is 0 Å². The molecule has 0 aromatic heterocycles. The van der Waals surface area contributed by atoms with E-state index in [1.165, 1.54) is 0 Å².